The Bertz CT molecular complexity index is 556. The summed E-state index contributed by atoms with van der Waals surface area (Å²) in [5, 5.41) is 1.11. The molecular formula is C14H18N2OS. The zero-order valence-corrected chi connectivity index (χ0v) is 11.3. The van der Waals surface area contributed by atoms with E-state index in [1.807, 2.05) is 43.3 Å². The van der Waals surface area contributed by atoms with E-state index in [-0.39, 0.29) is 0 Å². The average Bonchev–Trinajstić information content (AvgIpc) is 2.38. The molecule has 1 heterocycles. The number of pyridine rings is 1. The number of nitrogens with two attached hydrogens (primary N) is 1. The van der Waals surface area contributed by atoms with Gasteiger partial charge in [-0.25, -0.2) is 0 Å². The molecule has 0 aliphatic rings. The summed E-state index contributed by atoms with van der Waals surface area (Å²) in [5.41, 5.74) is 7.38. The van der Waals surface area contributed by atoms with E-state index in [4.69, 9.17) is 5.73 Å². The van der Waals surface area contributed by atoms with Crippen molar-refractivity contribution in [2.24, 2.45) is 11.7 Å². The predicted octanol–water partition coefficient (Wildman–Crippen LogP) is 2.08. The van der Waals surface area contributed by atoms with Crippen LogP contribution in [-0.2, 0) is 16.6 Å². The number of para-hydroxylation sites is 1. The molecule has 1 aromatic carbocycles. The van der Waals surface area contributed by atoms with Gasteiger partial charge in [-0.2, -0.15) is 0 Å². The Kier molecular flexibility index (Phi) is 4.44. The summed E-state index contributed by atoms with van der Waals surface area (Å²) >= 11 is 0. The summed E-state index contributed by atoms with van der Waals surface area (Å²) in [6, 6.07) is 11.9. The van der Waals surface area contributed by atoms with Crippen LogP contribution in [0.15, 0.2) is 36.4 Å². The van der Waals surface area contributed by atoms with E-state index in [2.05, 4.69) is 4.98 Å². The molecule has 4 heteroatoms. The highest BCUT2D eigenvalue weighted by Crippen LogP contribution is 2.13. The topological polar surface area (TPSA) is 56.0 Å². The minimum absolute atomic E-state index is 0.297. The first-order chi connectivity index (χ1) is 8.69. The van der Waals surface area contributed by atoms with Crippen LogP contribution in [0.3, 0.4) is 0 Å². The molecule has 0 fully saturated rings. The van der Waals surface area contributed by atoms with E-state index in [0.717, 1.165) is 16.6 Å². The molecule has 2 N–H and O–H groups in total. The predicted molar refractivity (Wildman–Crippen MR) is 76.7 cm³/mol. The highest BCUT2D eigenvalue weighted by molar-refractivity contribution is 7.84. The maximum absolute atomic E-state index is 11.9. The first kappa shape index (κ1) is 13.2. The molecular weight excluding hydrogens is 244 g/mol. The Balaban J connectivity index is 2.10. The van der Waals surface area contributed by atoms with Gasteiger partial charge in [-0.15, -0.1) is 0 Å². The summed E-state index contributed by atoms with van der Waals surface area (Å²) in [6.07, 6.45) is 0. The monoisotopic (exact) mass is 262 g/mol. The minimum Gasteiger partial charge on any atom is -0.330 e. The van der Waals surface area contributed by atoms with Crippen LogP contribution in [0.4, 0.5) is 0 Å². The number of aromatic nitrogens is 1. The van der Waals surface area contributed by atoms with Crippen molar-refractivity contribution < 1.29 is 4.21 Å². The van der Waals surface area contributed by atoms with E-state index in [9.17, 15) is 4.21 Å². The van der Waals surface area contributed by atoms with Crippen LogP contribution in [0.2, 0.25) is 0 Å². The molecule has 18 heavy (non-hydrogen) atoms. The molecule has 2 rings (SSSR count). The van der Waals surface area contributed by atoms with Crippen molar-refractivity contribution in [2.45, 2.75) is 12.7 Å². The van der Waals surface area contributed by atoms with Gasteiger partial charge in [0.25, 0.3) is 0 Å². The molecule has 0 bridgehead atoms. The molecule has 2 aromatic rings. The highest BCUT2D eigenvalue weighted by atomic mass is 32.2. The van der Waals surface area contributed by atoms with Gasteiger partial charge in [-0.3, -0.25) is 9.19 Å². The van der Waals surface area contributed by atoms with Gasteiger partial charge in [0.15, 0.2) is 0 Å². The lowest BCUT2D eigenvalue weighted by atomic mass is 10.2. The Labute approximate surface area is 110 Å². The van der Waals surface area contributed by atoms with Crippen LogP contribution in [0.5, 0.6) is 0 Å². The quantitative estimate of drug-likeness (QED) is 0.897. The van der Waals surface area contributed by atoms with Crippen LogP contribution in [0, 0.1) is 5.92 Å². The van der Waals surface area contributed by atoms with Crippen LogP contribution in [-0.4, -0.2) is 21.5 Å². The standard InChI is InChI=1S/C14H18N2OS/c1-11(8-15)9-18(17)10-13-7-6-12-4-2-3-5-14(12)16-13/h2-7,11H,8-10,15H2,1H3. The number of rotatable bonds is 5. The molecule has 0 aliphatic heterocycles. The molecule has 3 nitrogen and oxygen atoms in total. The van der Waals surface area contributed by atoms with Gasteiger partial charge in [-0.1, -0.05) is 31.2 Å². The SMILES string of the molecule is CC(CN)CS(=O)Cc1ccc2ccccc2n1. The minimum atomic E-state index is -0.886. The van der Waals surface area contributed by atoms with Gasteiger partial charge >= 0.3 is 0 Å². The fourth-order valence-corrected chi connectivity index (χ4v) is 3.18. The van der Waals surface area contributed by atoms with Crippen LogP contribution in [0.25, 0.3) is 10.9 Å². The van der Waals surface area contributed by atoms with Gasteiger partial charge in [0, 0.05) is 21.9 Å². The largest absolute Gasteiger partial charge is 0.330 e. The average molecular weight is 262 g/mol. The molecule has 96 valence electrons. The second-order valence-corrected chi connectivity index (χ2v) is 6.09. The van der Waals surface area contributed by atoms with E-state index in [1.54, 1.807) is 0 Å². The molecule has 0 saturated carbocycles. The molecule has 0 saturated heterocycles. The summed E-state index contributed by atoms with van der Waals surface area (Å²) in [6.45, 7) is 2.60. The number of hydrogen-bond acceptors (Lipinski definition) is 3. The van der Waals surface area contributed by atoms with Gasteiger partial charge < -0.3 is 5.73 Å². The molecule has 0 spiro atoms. The smallest absolute Gasteiger partial charge is 0.0705 e. The lowest BCUT2D eigenvalue weighted by Crippen LogP contribution is -2.18. The Morgan fingerprint density at radius 3 is 2.83 bits per heavy atom. The zero-order valence-electron chi connectivity index (χ0n) is 10.5. The van der Waals surface area contributed by atoms with Crippen molar-refractivity contribution >= 4 is 21.7 Å². The van der Waals surface area contributed by atoms with Crippen molar-refractivity contribution in [3.05, 3.63) is 42.1 Å². The lowest BCUT2D eigenvalue weighted by molar-refractivity contribution is 0.640. The molecule has 1 aromatic heterocycles. The third-order valence-corrected chi connectivity index (χ3v) is 4.40. The Morgan fingerprint density at radius 2 is 2.06 bits per heavy atom. The van der Waals surface area contributed by atoms with E-state index in [0.29, 0.717) is 24.0 Å². The third kappa shape index (κ3) is 3.37. The van der Waals surface area contributed by atoms with Gasteiger partial charge in [-0.05, 0) is 24.6 Å². The summed E-state index contributed by atoms with van der Waals surface area (Å²) in [7, 11) is -0.886. The summed E-state index contributed by atoms with van der Waals surface area (Å²) in [4.78, 5) is 4.52. The molecule has 0 aliphatic carbocycles. The van der Waals surface area contributed by atoms with Crippen molar-refractivity contribution in [1.29, 1.82) is 0 Å². The van der Waals surface area contributed by atoms with Crippen molar-refractivity contribution in [2.75, 3.05) is 12.3 Å². The number of nitrogens with zero attached hydrogens (tertiary/aromatic N) is 1. The van der Waals surface area contributed by atoms with Crippen molar-refractivity contribution in [3.8, 4) is 0 Å². The van der Waals surface area contributed by atoms with E-state index < -0.39 is 10.8 Å². The van der Waals surface area contributed by atoms with E-state index >= 15 is 0 Å². The van der Waals surface area contributed by atoms with Gasteiger partial charge in [0.05, 0.1) is 17.0 Å². The number of fused-ring (bicyclic) bond motifs is 1. The third-order valence-electron chi connectivity index (χ3n) is 2.84. The lowest BCUT2D eigenvalue weighted by Gasteiger charge is -2.08. The molecule has 2 atom stereocenters. The Hall–Kier alpha value is -1.26. The van der Waals surface area contributed by atoms with E-state index in [1.165, 1.54) is 0 Å². The number of hydrogen-bond donors (Lipinski definition) is 1. The highest BCUT2D eigenvalue weighted by Gasteiger charge is 2.08. The normalized spacial score (nSPS) is 14.6. The summed E-state index contributed by atoms with van der Waals surface area (Å²) in [5.74, 6) is 1.45. The number of benzene rings is 1. The second-order valence-electron chi connectivity index (χ2n) is 4.59. The van der Waals surface area contributed by atoms with Gasteiger partial charge in [0.1, 0.15) is 0 Å². The van der Waals surface area contributed by atoms with Crippen LogP contribution in [0.1, 0.15) is 12.6 Å². The molecule has 0 radical (unpaired) electrons. The summed E-state index contributed by atoms with van der Waals surface area (Å²) < 4.78 is 11.9. The fraction of sp³-hybridized carbons (Fsp3) is 0.357. The fourth-order valence-electron chi connectivity index (χ4n) is 1.80. The molecule has 2 unspecified atom stereocenters. The Morgan fingerprint density at radius 1 is 1.28 bits per heavy atom. The van der Waals surface area contributed by atoms with Crippen molar-refractivity contribution in [3.63, 3.8) is 0 Å². The second kappa shape index (κ2) is 6.07. The zero-order chi connectivity index (χ0) is 13.0. The maximum atomic E-state index is 11.9. The van der Waals surface area contributed by atoms with Crippen LogP contribution >= 0.6 is 0 Å². The first-order valence-electron chi connectivity index (χ1n) is 6.08. The maximum Gasteiger partial charge on any atom is 0.0705 e. The van der Waals surface area contributed by atoms with Crippen LogP contribution < -0.4 is 5.73 Å². The van der Waals surface area contributed by atoms with Crippen molar-refractivity contribution in [1.82, 2.24) is 4.98 Å². The first-order valence-corrected chi connectivity index (χ1v) is 7.57. The van der Waals surface area contributed by atoms with Gasteiger partial charge in [0.2, 0.25) is 0 Å². The molecule has 0 amide bonds.